The van der Waals surface area contributed by atoms with E-state index in [-0.39, 0.29) is 0 Å². The summed E-state index contributed by atoms with van der Waals surface area (Å²) in [5.74, 6) is 0.757. The summed E-state index contributed by atoms with van der Waals surface area (Å²) in [6.07, 6.45) is 4.50. The van der Waals surface area contributed by atoms with Gasteiger partial charge in [0.15, 0.2) is 0 Å². The summed E-state index contributed by atoms with van der Waals surface area (Å²) in [6.45, 7) is 11.5. The molecule has 0 aromatic rings. The second kappa shape index (κ2) is 6.41. The van der Waals surface area contributed by atoms with Crippen LogP contribution in [0.1, 0.15) is 33.6 Å². The first-order chi connectivity index (χ1) is 5.29. The summed E-state index contributed by atoms with van der Waals surface area (Å²) >= 11 is 0. The minimum atomic E-state index is 0.509. The predicted molar refractivity (Wildman–Crippen MR) is 51.7 cm³/mol. The van der Waals surface area contributed by atoms with Crippen LogP contribution in [0.4, 0.5) is 0 Å². The molecule has 0 aliphatic carbocycles. The van der Waals surface area contributed by atoms with Crippen molar-refractivity contribution in [3.63, 3.8) is 0 Å². The highest BCUT2D eigenvalue weighted by atomic mass is 14.9. The molecule has 0 aromatic heterocycles. The molecule has 1 nitrogen and oxygen atoms in total. The largest absolute Gasteiger partial charge is 0.311 e. The standard InChI is InChI=1S/C10H21N/c1-5-9(6-2)10(7-3)11-8-4/h7,9-11H,3,5-6,8H2,1-2,4H3. The SMILES string of the molecule is C=CC(NCC)C(CC)CC. The summed E-state index contributed by atoms with van der Waals surface area (Å²) in [5.41, 5.74) is 0. The zero-order valence-electron chi connectivity index (χ0n) is 8.06. The summed E-state index contributed by atoms with van der Waals surface area (Å²) in [4.78, 5) is 0. The second-order valence-corrected chi connectivity index (χ2v) is 2.90. The third kappa shape index (κ3) is 3.57. The Morgan fingerprint density at radius 3 is 2.09 bits per heavy atom. The average molecular weight is 155 g/mol. The first kappa shape index (κ1) is 10.7. The van der Waals surface area contributed by atoms with Gasteiger partial charge >= 0.3 is 0 Å². The highest BCUT2D eigenvalue weighted by Gasteiger charge is 2.12. The molecule has 1 heteroatoms. The van der Waals surface area contributed by atoms with E-state index in [1.165, 1.54) is 12.8 Å². The molecule has 1 unspecified atom stereocenters. The molecule has 0 amide bonds. The van der Waals surface area contributed by atoms with Crippen molar-refractivity contribution in [2.45, 2.75) is 39.7 Å². The molecule has 0 rings (SSSR count). The van der Waals surface area contributed by atoms with E-state index in [1.807, 2.05) is 6.08 Å². The van der Waals surface area contributed by atoms with E-state index in [2.05, 4.69) is 32.7 Å². The van der Waals surface area contributed by atoms with Crippen LogP contribution in [0.15, 0.2) is 12.7 Å². The van der Waals surface area contributed by atoms with Gasteiger partial charge in [0.25, 0.3) is 0 Å². The highest BCUT2D eigenvalue weighted by Crippen LogP contribution is 2.13. The molecule has 0 bridgehead atoms. The van der Waals surface area contributed by atoms with Crippen molar-refractivity contribution in [1.29, 1.82) is 0 Å². The Hall–Kier alpha value is -0.300. The first-order valence-corrected chi connectivity index (χ1v) is 4.65. The van der Waals surface area contributed by atoms with Crippen LogP contribution in [0.3, 0.4) is 0 Å². The van der Waals surface area contributed by atoms with Gasteiger partial charge in [0, 0.05) is 6.04 Å². The van der Waals surface area contributed by atoms with Crippen molar-refractivity contribution in [2.75, 3.05) is 6.54 Å². The van der Waals surface area contributed by atoms with Crippen molar-refractivity contribution in [1.82, 2.24) is 5.32 Å². The molecule has 0 spiro atoms. The van der Waals surface area contributed by atoms with Gasteiger partial charge in [0.2, 0.25) is 0 Å². The number of nitrogens with one attached hydrogen (secondary N) is 1. The fraction of sp³-hybridized carbons (Fsp3) is 0.800. The van der Waals surface area contributed by atoms with Gasteiger partial charge in [-0.15, -0.1) is 6.58 Å². The molecule has 0 aromatic carbocycles. The maximum Gasteiger partial charge on any atom is 0.0275 e. The fourth-order valence-electron chi connectivity index (χ4n) is 1.47. The lowest BCUT2D eigenvalue weighted by atomic mass is 9.94. The minimum absolute atomic E-state index is 0.509. The number of hydrogen-bond donors (Lipinski definition) is 1. The van der Waals surface area contributed by atoms with Gasteiger partial charge in [0.1, 0.15) is 0 Å². The zero-order chi connectivity index (χ0) is 8.69. The van der Waals surface area contributed by atoms with Crippen molar-refractivity contribution >= 4 is 0 Å². The summed E-state index contributed by atoms with van der Waals surface area (Å²) < 4.78 is 0. The van der Waals surface area contributed by atoms with Gasteiger partial charge < -0.3 is 5.32 Å². The Morgan fingerprint density at radius 1 is 1.27 bits per heavy atom. The lowest BCUT2D eigenvalue weighted by Crippen LogP contribution is -2.33. The van der Waals surface area contributed by atoms with Gasteiger partial charge in [0.05, 0.1) is 0 Å². The average Bonchev–Trinajstić information content (AvgIpc) is 2.05. The molecule has 0 saturated heterocycles. The lowest BCUT2D eigenvalue weighted by Gasteiger charge is -2.22. The third-order valence-electron chi connectivity index (χ3n) is 2.25. The number of likely N-dealkylation sites (N-methyl/N-ethyl adjacent to an activating group) is 1. The lowest BCUT2D eigenvalue weighted by molar-refractivity contribution is 0.389. The molecule has 0 aliphatic heterocycles. The van der Waals surface area contributed by atoms with Crippen LogP contribution in [0.2, 0.25) is 0 Å². The van der Waals surface area contributed by atoms with E-state index in [4.69, 9.17) is 0 Å². The highest BCUT2D eigenvalue weighted by molar-refractivity contribution is 4.89. The maximum atomic E-state index is 3.83. The van der Waals surface area contributed by atoms with Gasteiger partial charge in [-0.25, -0.2) is 0 Å². The molecule has 1 N–H and O–H groups in total. The number of hydrogen-bond acceptors (Lipinski definition) is 1. The van der Waals surface area contributed by atoms with Crippen LogP contribution in [-0.4, -0.2) is 12.6 Å². The van der Waals surface area contributed by atoms with Crippen LogP contribution in [-0.2, 0) is 0 Å². The van der Waals surface area contributed by atoms with Crippen molar-refractivity contribution in [2.24, 2.45) is 5.92 Å². The zero-order valence-corrected chi connectivity index (χ0v) is 8.06. The van der Waals surface area contributed by atoms with Gasteiger partial charge in [-0.1, -0.05) is 39.7 Å². The minimum Gasteiger partial charge on any atom is -0.311 e. The van der Waals surface area contributed by atoms with Crippen LogP contribution in [0.5, 0.6) is 0 Å². The molecular weight excluding hydrogens is 134 g/mol. The van der Waals surface area contributed by atoms with E-state index in [0.29, 0.717) is 6.04 Å². The molecular formula is C10H21N. The van der Waals surface area contributed by atoms with Crippen LogP contribution in [0.25, 0.3) is 0 Å². The monoisotopic (exact) mass is 155 g/mol. The Morgan fingerprint density at radius 2 is 1.82 bits per heavy atom. The van der Waals surface area contributed by atoms with Gasteiger partial charge in [-0.3, -0.25) is 0 Å². The van der Waals surface area contributed by atoms with E-state index in [9.17, 15) is 0 Å². The Bertz CT molecular complexity index is 95.0. The van der Waals surface area contributed by atoms with Gasteiger partial charge in [-0.2, -0.15) is 0 Å². The Balaban J connectivity index is 3.86. The maximum absolute atomic E-state index is 3.83. The van der Waals surface area contributed by atoms with E-state index in [1.54, 1.807) is 0 Å². The summed E-state index contributed by atoms with van der Waals surface area (Å²) in [6, 6.07) is 0.509. The quantitative estimate of drug-likeness (QED) is 0.581. The van der Waals surface area contributed by atoms with E-state index >= 15 is 0 Å². The van der Waals surface area contributed by atoms with Crippen LogP contribution < -0.4 is 5.32 Å². The summed E-state index contributed by atoms with van der Waals surface area (Å²) in [5, 5.41) is 3.42. The Labute approximate surface area is 70.9 Å². The molecule has 1 atom stereocenters. The molecule has 0 radical (unpaired) electrons. The van der Waals surface area contributed by atoms with Gasteiger partial charge in [-0.05, 0) is 12.5 Å². The summed E-state index contributed by atoms with van der Waals surface area (Å²) in [7, 11) is 0. The first-order valence-electron chi connectivity index (χ1n) is 4.65. The van der Waals surface area contributed by atoms with Crippen LogP contribution >= 0.6 is 0 Å². The van der Waals surface area contributed by atoms with Crippen molar-refractivity contribution < 1.29 is 0 Å². The van der Waals surface area contributed by atoms with Crippen molar-refractivity contribution in [3.05, 3.63) is 12.7 Å². The molecule has 66 valence electrons. The molecule has 0 saturated carbocycles. The molecule has 11 heavy (non-hydrogen) atoms. The Kier molecular flexibility index (Phi) is 6.24. The van der Waals surface area contributed by atoms with E-state index in [0.717, 1.165) is 12.5 Å². The molecule has 0 heterocycles. The number of rotatable bonds is 6. The predicted octanol–water partition coefficient (Wildman–Crippen LogP) is 2.59. The topological polar surface area (TPSA) is 12.0 Å². The van der Waals surface area contributed by atoms with E-state index < -0.39 is 0 Å². The molecule has 0 fully saturated rings. The normalized spacial score (nSPS) is 13.5. The fourth-order valence-corrected chi connectivity index (χ4v) is 1.47. The third-order valence-corrected chi connectivity index (χ3v) is 2.25. The smallest absolute Gasteiger partial charge is 0.0275 e. The van der Waals surface area contributed by atoms with Crippen molar-refractivity contribution in [3.8, 4) is 0 Å². The van der Waals surface area contributed by atoms with Crippen LogP contribution in [0, 0.1) is 5.92 Å². The second-order valence-electron chi connectivity index (χ2n) is 2.90. The molecule has 0 aliphatic rings.